The zero-order valence-electron chi connectivity index (χ0n) is 7.82. The SMILES string of the molecule is CC(C)NS(=O)(=O)NC1CC(O)C1. The summed E-state index contributed by atoms with van der Waals surface area (Å²) in [5, 5.41) is 8.94. The highest BCUT2D eigenvalue weighted by Crippen LogP contribution is 2.19. The molecule has 0 radical (unpaired) electrons. The van der Waals surface area contributed by atoms with Gasteiger partial charge in [-0.2, -0.15) is 17.9 Å². The van der Waals surface area contributed by atoms with Gasteiger partial charge >= 0.3 is 0 Å². The molecule has 0 unspecified atom stereocenters. The van der Waals surface area contributed by atoms with Crippen LogP contribution in [-0.4, -0.2) is 31.7 Å². The summed E-state index contributed by atoms with van der Waals surface area (Å²) in [4.78, 5) is 0. The summed E-state index contributed by atoms with van der Waals surface area (Å²) in [6, 6.07) is -0.214. The number of aliphatic hydroxyl groups is 1. The van der Waals surface area contributed by atoms with Gasteiger partial charge < -0.3 is 5.11 Å². The predicted molar refractivity (Wildman–Crippen MR) is 49.4 cm³/mol. The van der Waals surface area contributed by atoms with E-state index in [0.29, 0.717) is 12.8 Å². The molecular formula is C7H16N2O3S. The summed E-state index contributed by atoms with van der Waals surface area (Å²) >= 11 is 0. The topological polar surface area (TPSA) is 78.4 Å². The minimum Gasteiger partial charge on any atom is -0.393 e. The summed E-state index contributed by atoms with van der Waals surface area (Å²) in [7, 11) is -3.38. The molecule has 13 heavy (non-hydrogen) atoms. The van der Waals surface area contributed by atoms with Gasteiger partial charge in [-0.1, -0.05) is 0 Å². The first-order valence-corrected chi connectivity index (χ1v) is 5.85. The maximum atomic E-state index is 11.2. The zero-order chi connectivity index (χ0) is 10.1. The number of aliphatic hydroxyl groups excluding tert-OH is 1. The highest BCUT2D eigenvalue weighted by Gasteiger charge is 2.30. The Morgan fingerprint density at radius 1 is 1.38 bits per heavy atom. The van der Waals surface area contributed by atoms with Crippen LogP contribution in [0.4, 0.5) is 0 Å². The lowest BCUT2D eigenvalue weighted by Crippen LogP contribution is -2.51. The molecule has 5 nitrogen and oxygen atoms in total. The average Bonchev–Trinajstić information content (AvgIpc) is 1.79. The third-order valence-corrected chi connectivity index (χ3v) is 3.25. The van der Waals surface area contributed by atoms with Gasteiger partial charge in [-0.15, -0.1) is 0 Å². The highest BCUT2D eigenvalue weighted by molar-refractivity contribution is 7.87. The zero-order valence-corrected chi connectivity index (χ0v) is 8.63. The first-order valence-electron chi connectivity index (χ1n) is 4.36. The van der Waals surface area contributed by atoms with Crippen LogP contribution in [0.25, 0.3) is 0 Å². The third-order valence-electron chi connectivity index (χ3n) is 1.83. The predicted octanol–water partition coefficient (Wildman–Crippen LogP) is -0.658. The summed E-state index contributed by atoms with van der Waals surface area (Å²) < 4.78 is 27.4. The lowest BCUT2D eigenvalue weighted by Gasteiger charge is -2.31. The normalized spacial score (nSPS) is 28.9. The molecule has 0 aromatic heterocycles. The molecule has 0 aromatic carbocycles. The molecular weight excluding hydrogens is 192 g/mol. The van der Waals surface area contributed by atoms with Crippen molar-refractivity contribution >= 4 is 10.2 Å². The molecule has 1 fully saturated rings. The molecule has 1 rings (SSSR count). The van der Waals surface area contributed by atoms with Crippen molar-refractivity contribution in [3.8, 4) is 0 Å². The standard InChI is InChI=1S/C7H16N2O3S/c1-5(2)8-13(11,12)9-6-3-7(10)4-6/h5-10H,3-4H2,1-2H3. The van der Waals surface area contributed by atoms with E-state index in [1.54, 1.807) is 13.8 Å². The Kier molecular flexibility index (Phi) is 3.28. The maximum absolute atomic E-state index is 11.2. The van der Waals surface area contributed by atoms with Crippen LogP contribution in [0, 0.1) is 0 Å². The summed E-state index contributed by atoms with van der Waals surface area (Å²) in [6.45, 7) is 3.52. The third kappa shape index (κ3) is 3.60. The van der Waals surface area contributed by atoms with Gasteiger partial charge in [0.25, 0.3) is 10.2 Å². The van der Waals surface area contributed by atoms with Gasteiger partial charge in [0.2, 0.25) is 0 Å². The van der Waals surface area contributed by atoms with Crippen molar-refractivity contribution in [1.29, 1.82) is 0 Å². The second-order valence-electron chi connectivity index (χ2n) is 3.72. The van der Waals surface area contributed by atoms with E-state index in [1.165, 1.54) is 0 Å². The minimum absolute atomic E-state index is 0.105. The Balaban J connectivity index is 2.35. The molecule has 1 saturated carbocycles. The molecule has 1 aliphatic carbocycles. The first-order chi connectivity index (χ1) is 5.89. The number of nitrogens with one attached hydrogen (secondary N) is 2. The Bertz CT molecular complexity index is 257. The summed E-state index contributed by atoms with van der Waals surface area (Å²) in [5.74, 6) is 0. The van der Waals surface area contributed by atoms with E-state index in [1.807, 2.05) is 0 Å². The second kappa shape index (κ2) is 3.91. The van der Waals surface area contributed by atoms with E-state index in [-0.39, 0.29) is 18.2 Å². The number of hydrogen-bond donors (Lipinski definition) is 3. The summed E-state index contributed by atoms with van der Waals surface area (Å²) in [6.07, 6.45) is 0.685. The lowest BCUT2D eigenvalue weighted by molar-refractivity contribution is 0.0710. The van der Waals surface area contributed by atoms with E-state index >= 15 is 0 Å². The van der Waals surface area contributed by atoms with Crippen LogP contribution in [0.15, 0.2) is 0 Å². The monoisotopic (exact) mass is 208 g/mol. The average molecular weight is 208 g/mol. The molecule has 0 amide bonds. The summed E-state index contributed by atoms with van der Waals surface area (Å²) in [5.41, 5.74) is 0. The van der Waals surface area contributed by atoms with Gasteiger partial charge in [0.05, 0.1) is 6.10 Å². The van der Waals surface area contributed by atoms with Gasteiger partial charge in [0.1, 0.15) is 0 Å². The number of hydrogen-bond acceptors (Lipinski definition) is 3. The van der Waals surface area contributed by atoms with Crippen molar-refractivity contribution in [2.24, 2.45) is 0 Å². The molecule has 78 valence electrons. The van der Waals surface area contributed by atoms with Crippen molar-refractivity contribution in [3.63, 3.8) is 0 Å². The van der Waals surface area contributed by atoms with Crippen LogP contribution < -0.4 is 9.44 Å². The molecule has 6 heteroatoms. The van der Waals surface area contributed by atoms with E-state index in [0.717, 1.165) is 0 Å². The van der Waals surface area contributed by atoms with Crippen LogP contribution >= 0.6 is 0 Å². The Hall–Kier alpha value is -0.170. The largest absolute Gasteiger partial charge is 0.393 e. The quantitative estimate of drug-likeness (QED) is 0.574. The van der Waals surface area contributed by atoms with Crippen molar-refractivity contribution in [3.05, 3.63) is 0 Å². The molecule has 0 spiro atoms. The highest BCUT2D eigenvalue weighted by atomic mass is 32.2. The van der Waals surface area contributed by atoms with Crippen LogP contribution in [0.2, 0.25) is 0 Å². The second-order valence-corrected chi connectivity index (χ2v) is 5.19. The Morgan fingerprint density at radius 3 is 2.31 bits per heavy atom. The minimum atomic E-state index is -3.38. The van der Waals surface area contributed by atoms with Gasteiger partial charge in [-0.05, 0) is 26.7 Å². The van der Waals surface area contributed by atoms with Crippen LogP contribution in [0.5, 0.6) is 0 Å². The van der Waals surface area contributed by atoms with Gasteiger partial charge in [0.15, 0.2) is 0 Å². The van der Waals surface area contributed by atoms with E-state index in [4.69, 9.17) is 5.11 Å². The molecule has 3 N–H and O–H groups in total. The van der Waals surface area contributed by atoms with Gasteiger partial charge in [0, 0.05) is 12.1 Å². The molecule has 0 atom stereocenters. The van der Waals surface area contributed by atoms with Gasteiger partial charge in [-0.25, -0.2) is 0 Å². The fraction of sp³-hybridized carbons (Fsp3) is 1.00. The smallest absolute Gasteiger partial charge is 0.277 e. The fourth-order valence-electron chi connectivity index (χ4n) is 1.25. The first kappa shape index (κ1) is 10.9. The molecule has 0 aromatic rings. The van der Waals surface area contributed by atoms with Gasteiger partial charge in [-0.3, -0.25) is 0 Å². The maximum Gasteiger partial charge on any atom is 0.277 e. The van der Waals surface area contributed by atoms with E-state index in [9.17, 15) is 8.42 Å². The van der Waals surface area contributed by atoms with Crippen molar-refractivity contribution < 1.29 is 13.5 Å². The molecule has 1 aliphatic rings. The molecule has 0 aliphatic heterocycles. The van der Waals surface area contributed by atoms with Crippen molar-refractivity contribution in [2.75, 3.05) is 0 Å². The van der Waals surface area contributed by atoms with Crippen molar-refractivity contribution in [1.82, 2.24) is 9.44 Å². The number of rotatable bonds is 4. The Labute approximate surface area is 78.7 Å². The fourth-order valence-corrected chi connectivity index (χ4v) is 2.57. The van der Waals surface area contributed by atoms with E-state index in [2.05, 4.69) is 9.44 Å². The molecule has 0 saturated heterocycles. The Morgan fingerprint density at radius 2 is 1.92 bits per heavy atom. The van der Waals surface area contributed by atoms with E-state index < -0.39 is 10.2 Å². The van der Waals surface area contributed by atoms with Crippen LogP contribution in [-0.2, 0) is 10.2 Å². The molecule has 0 bridgehead atoms. The van der Waals surface area contributed by atoms with Crippen molar-refractivity contribution in [2.45, 2.75) is 44.9 Å². The van der Waals surface area contributed by atoms with Crippen LogP contribution in [0.3, 0.4) is 0 Å². The molecule has 0 heterocycles. The van der Waals surface area contributed by atoms with Crippen LogP contribution in [0.1, 0.15) is 26.7 Å². The lowest BCUT2D eigenvalue weighted by atomic mass is 9.91.